The fourth-order valence-electron chi connectivity index (χ4n) is 1.24. The van der Waals surface area contributed by atoms with Crippen molar-refractivity contribution in [3.05, 3.63) is 33.3 Å². The van der Waals surface area contributed by atoms with Crippen molar-refractivity contribution in [2.45, 2.75) is 13.0 Å². The lowest BCUT2D eigenvalue weighted by atomic mass is 10.2. The minimum atomic E-state index is -0.154. The van der Waals surface area contributed by atoms with Gasteiger partial charge in [-0.15, -0.1) is 0 Å². The van der Waals surface area contributed by atoms with Crippen LogP contribution in [0.25, 0.3) is 0 Å². The zero-order valence-corrected chi connectivity index (χ0v) is 11.4. The molecule has 0 aliphatic carbocycles. The first kappa shape index (κ1) is 13.5. The molecule has 1 aromatic carbocycles. The normalized spacial score (nSPS) is 12.2. The summed E-state index contributed by atoms with van der Waals surface area (Å²) in [5.41, 5.74) is 0.538. The third-order valence-electron chi connectivity index (χ3n) is 1.98. The molecule has 0 radical (unpaired) electrons. The third-order valence-corrected chi connectivity index (χ3v) is 3.21. The monoisotopic (exact) mass is 305 g/mol. The maximum Gasteiger partial charge on any atom is 0.251 e. The quantitative estimate of drug-likeness (QED) is 0.929. The van der Waals surface area contributed by atoms with E-state index in [0.717, 1.165) is 4.47 Å². The molecular formula is C11H13BrClNO2. The van der Waals surface area contributed by atoms with Gasteiger partial charge in [-0.2, -0.15) is 0 Å². The average Bonchev–Trinajstić information content (AvgIpc) is 2.22. The highest BCUT2D eigenvalue weighted by Gasteiger charge is 2.10. The molecule has 0 aromatic heterocycles. The van der Waals surface area contributed by atoms with Crippen LogP contribution < -0.4 is 5.32 Å². The molecule has 1 aromatic rings. The standard InChI is InChI=1S/C11H13BrClNO2/c1-7(6-16-2)14-11(15)8-3-4-9(12)10(13)5-8/h3-5,7H,6H2,1-2H3,(H,14,15). The van der Waals surface area contributed by atoms with E-state index in [9.17, 15) is 4.79 Å². The summed E-state index contributed by atoms with van der Waals surface area (Å²) in [6.45, 7) is 2.36. The average molecular weight is 307 g/mol. The summed E-state index contributed by atoms with van der Waals surface area (Å²) >= 11 is 9.17. The van der Waals surface area contributed by atoms with Gasteiger partial charge in [-0.1, -0.05) is 11.6 Å². The van der Waals surface area contributed by atoms with Crippen LogP contribution in [0.2, 0.25) is 5.02 Å². The molecule has 88 valence electrons. The highest BCUT2D eigenvalue weighted by molar-refractivity contribution is 9.10. The van der Waals surface area contributed by atoms with Crippen LogP contribution in [0, 0.1) is 0 Å². The highest BCUT2D eigenvalue weighted by atomic mass is 79.9. The number of benzene rings is 1. The lowest BCUT2D eigenvalue weighted by molar-refractivity contribution is 0.0905. The minimum absolute atomic E-state index is 0.0278. The van der Waals surface area contributed by atoms with Gasteiger partial charge in [0.25, 0.3) is 5.91 Å². The van der Waals surface area contributed by atoms with E-state index < -0.39 is 0 Å². The van der Waals surface area contributed by atoms with E-state index in [4.69, 9.17) is 16.3 Å². The number of nitrogens with one attached hydrogen (secondary N) is 1. The number of ether oxygens (including phenoxy) is 1. The van der Waals surface area contributed by atoms with Crippen molar-refractivity contribution >= 4 is 33.4 Å². The van der Waals surface area contributed by atoms with Crippen molar-refractivity contribution in [1.29, 1.82) is 0 Å². The SMILES string of the molecule is COCC(C)NC(=O)c1ccc(Br)c(Cl)c1. The number of carbonyl (C=O) groups excluding carboxylic acids is 1. The largest absolute Gasteiger partial charge is 0.383 e. The molecule has 3 nitrogen and oxygen atoms in total. The number of methoxy groups -OCH3 is 1. The maximum absolute atomic E-state index is 11.8. The Morgan fingerprint density at radius 2 is 2.31 bits per heavy atom. The van der Waals surface area contributed by atoms with Gasteiger partial charge in [0, 0.05) is 23.2 Å². The number of amides is 1. The van der Waals surface area contributed by atoms with Crippen LogP contribution >= 0.6 is 27.5 Å². The smallest absolute Gasteiger partial charge is 0.251 e. The molecule has 0 saturated heterocycles. The Balaban J connectivity index is 2.69. The number of rotatable bonds is 4. The Bertz CT molecular complexity index is 384. The van der Waals surface area contributed by atoms with Crippen molar-refractivity contribution in [1.82, 2.24) is 5.32 Å². The second-order valence-electron chi connectivity index (χ2n) is 3.46. The first-order valence-electron chi connectivity index (χ1n) is 4.79. The molecule has 1 amide bonds. The molecule has 0 heterocycles. The summed E-state index contributed by atoms with van der Waals surface area (Å²) in [4.78, 5) is 11.8. The number of hydrogen-bond donors (Lipinski definition) is 1. The number of halogens is 2. The molecule has 0 aliphatic rings. The van der Waals surface area contributed by atoms with Crippen LogP contribution in [-0.2, 0) is 4.74 Å². The van der Waals surface area contributed by atoms with E-state index in [1.54, 1.807) is 25.3 Å². The molecule has 1 rings (SSSR count). The fourth-order valence-corrected chi connectivity index (χ4v) is 1.66. The molecule has 0 aliphatic heterocycles. The molecule has 1 N–H and O–H groups in total. The molecule has 16 heavy (non-hydrogen) atoms. The van der Waals surface area contributed by atoms with Gasteiger partial charge in [-0.25, -0.2) is 0 Å². The van der Waals surface area contributed by atoms with Crippen molar-refractivity contribution in [3.8, 4) is 0 Å². The lowest BCUT2D eigenvalue weighted by Gasteiger charge is -2.12. The van der Waals surface area contributed by atoms with Gasteiger partial charge in [-0.05, 0) is 41.1 Å². The molecule has 0 spiro atoms. The Hall–Kier alpha value is -0.580. The fraction of sp³-hybridized carbons (Fsp3) is 0.364. The zero-order valence-electron chi connectivity index (χ0n) is 9.09. The Morgan fingerprint density at radius 3 is 2.88 bits per heavy atom. The van der Waals surface area contributed by atoms with Crippen molar-refractivity contribution in [2.75, 3.05) is 13.7 Å². The van der Waals surface area contributed by atoms with Crippen molar-refractivity contribution < 1.29 is 9.53 Å². The minimum Gasteiger partial charge on any atom is -0.383 e. The first-order valence-corrected chi connectivity index (χ1v) is 5.96. The van der Waals surface area contributed by atoms with E-state index in [1.807, 2.05) is 6.92 Å². The summed E-state index contributed by atoms with van der Waals surface area (Å²) in [7, 11) is 1.60. The predicted octanol–water partition coefficient (Wildman–Crippen LogP) is 2.87. The van der Waals surface area contributed by atoms with E-state index in [0.29, 0.717) is 17.2 Å². The molecule has 5 heteroatoms. The van der Waals surface area contributed by atoms with Crippen LogP contribution in [0.1, 0.15) is 17.3 Å². The summed E-state index contributed by atoms with van der Waals surface area (Å²) in [5, 5.41) is 3.33. The Kier molecular flexibility index (Phi) is 5.25. The second kappa shape index (κ2) is 6.23. The summed E-state index contributed by atoms with van der Waals surface area (Å²) in [5.74, 6) is -0.154. The summed E-state index contributed by atoms with van der Waals surface area (Å²) < 4.78 is 5.71. The zero-order chi connectivity index (χ0) is 12.1. The van der Waals surface area contributed by atoms with Crippen LogP contribution in [-0.4, -0.2) is 25.7 Å². The van der Waals surface area contributed by atoms with E-state index >= 15 is 0 Å². The van der Waals surface area contributed by atoms with Gasteiger partial charge in [0.05, 0.1) is 11.6 Å². The first-order chi connectivity index (χ1) is 7.54. The van der Waals surface area contributed by atoms with E-state index in [2.05, 4.69) is 21.2 Å². The predicted molar refractivity (Wildman–Crippen MR) is 68.0 cm³/mol. The van der Waals surface area contributed by atoms with Gasteiger partial charge < -0.3 is 10.1 Å². The topological polar surface area (TPSA) is 38.3 Å². The van der Waals surface area contributed by atoms with Crippen molar-refractivity contribution in [2.24, 2.45) is 0 Å². The Morgan fingerprint density at radius 1 is 1.62 bits per heavy atom. The van der Waals surface area contributed by atoms with E-state index in [1.165, 1.54) is 0 Å². The van der Waals surface area contributed by atoms with E-state index in [-0.39, 0.29) is 11.9 Å². The van der Waals surface area contributed by atoms with Crippen LogP contribution in [0.3, 0.4) is 0 Å². The van der Waals surface area contributed by atoms with Gasteiger partial charge in [0.2, 0.25) is 0 Å². The summed E-state index contributed by atoms with van der Waals surface area (Å²) in [6, 6.07) is 5.06. The highest BCUT2D eigenvalue weighted by Crippen LogP contribution is 2.23. The van der Waals surface area contributed by atoms with Crippen LogP contribution in [0.5, 0.6) is 0 Å². The van der Waals surface area contributed by atoms with Gasteiger partial charge in [0.15, 0.2) is 0 Å². The molecule has 0 saturated carbocycles. The van der Waals surface area contributed by atoms with Crippen LogP contribution in [0.4, 0.5) is 0 Å². The molecule has 0 bridgehead atoms. The maximum atomic E-state index is 11.8. The third kappa shape index (κ3) is 3.77. The lowest BCUT2D eigenvalue weighted by Crippen LogP contribution is -2.35. The molecular weight excluding hydrogens is 293 g/mol. The number of hydrogen-bond acceptors (Lipinski definition) is 2. The second-order valence-corrected chi connectivity index (χ2v) is 4.72. The van der Waals surface area contributed by atoms with Gasteiger partial charge >= 0.3 is 0 Å². The van der Waals surface area contributed by atoms with Gasteiger partial charge in [0.1, 0.15) is 0 Å². The van der Waals surface area contributed by atoms with Gasteiger partial charge in [-0.3, -0.25) is 4.79 Å². The molecule has 1 atom stereocenters. The van der Waals surface area contributed by atoms with Crippen LogP contribution in [0.15, 0.2) is 22.7 Å². The van der Waals surface area contributed by atoms with Crippen molar-refractivity contribution in [3.63, 3.8) is 0 Å². The summed E-state index contributed by atoms with van der Waals surface area (Å²) in [6.07, 6.45) is 0. The Labute approximate surface area is 108 Å². The molecule has 1 unspecified atom stereocenters. The number of carbonyl (C=O) groups is 1. The molecule has 0 fully saturated rings.